The van der Waals surface area contributed by atoms with Gasteiger partial charge in [0.1, 0.15) is 5.82 Å². The van der Waals surface area contributed by atoms with Crippen molar-refractivity contribution in [3.05, 3.63) is 66.3 Å². The zero-order valence-corrected chi connectivity index (χ0v) is 14.2. The lowest BCUT2D eigenvalue weighted by Crippen LogP contribution is -2.21. The Morgan fingerprint density at radius 1 is 1.04 bits per heavy atom. The highest BCUT2D eigenvalue weighted by Gasteiger charge is 2.12. The van der Waals surface area contributed by atoms with Crippen LogP contribution in [0.5, 0.6) is 0 Å². The smallest absolute Gasteiger partial charge is 0.306 e. The van der Waals surface area contributed by atoms with Crippen molar-refractivity contribution in [2.75, 3.05) is 11.9 Å². The third-order valence-electron chi connectivity index (χ3n) is 3.52. The number of nitrogens with zero attached hydrogens (tertiary/aromatic N) is 2. The Bertz CT molecular complexity index is 910. The van der Waals surface area contributed by atoms with Crippen LogP contribution in [0.25, 0.3) is 11.5 Å². The fourth-order valence-corrected chi connectivity index (χ4v) is 2.21. The van der Waals surface area contributed by atoms with Gasteiger partial charge in [-0.2, -0.15) is 0 Å². The van der Waals surface area contributed by atoms with E-state index in [0.717, 1.165) is 5.56 Å². The van der Waals surface area contributed by atoms with E-state index in [1.54, 1.807) is 0 Å². The summed E-state index contributed by atoms with van der Waals surface area (Å²) in [6.45, 7) is -0.435. The molecule has 0 aliphatic rings. The van der Waals surface area contributed by atoms with Crippen molar-refractivity contribution >= 4 is 17.6 Å². The van der Waals surface area contributed by atoms with Crippen molar-refractivity contribution in [2.45, 2.75) is 12.8 Å². The molecule has 0 aliphatic carbocycles. The first-order valence-corrected chi connectivity index (χ1v) is 8.19. The van der Waals surface area contributed by atoms with Gasteiger partial charge in [-0.05, 0) is 36.4 Å². The van der Waals surface area contributed by atoms with E-state index in [-0.39, 0.29) is 12.8 Å². The van der Waals surface area contributed by atoms with E-state index < -0.39 is 24.3 Å². The lowest BCUT2D eigenvalue weighted by atomic mass is 10.2. The number of hydrogen-bond donors (Lipinski definition) is 1. The maximum absolute atomic E-state index is 12.8. The van der Waals surface area contributed by atoms with Crippen molar-refractivity contribution in [2.24, 2.45) is 0 Å². The molecule has 0 saturated carbocycles. The van der Waals surface area contributed by atoms with Gasteiger partial charge in [0, 0.05) is 17.7 Å². The highest BCUT2D eigenvalue weighted by Crippen LogP contribution is 2.17. The predicted molar refractivity (Wildman–Crippen MR) is 94.0 cm³/mol. The second-order valence-electron chi connectivity index (χ2n) is 5.58. The lowest BCUT2D eigenvalue weighted by molar-refractivity contribution is -0.147. The van der Waals surface area contributed by atoms with Gasteiger partial charge in [0.25, 0.3) is 5.91 Å². The van der Waals surface area contributed by atoms with E-state index in [2.05, 4.69) is 15.5 Å². The Morgan fingerprint density at radius 2 is 1.78 bits per heavy atom. The van der Waals surface area contributed by atoms with E-state index in [1.165, 1.54) is 24.3 Å². The Balaban J connectivity index is 1.41. The van der Waals surface area contributed by atoms with Crippen LogP contribution in [0, 0.1) is 5.82 Å². The van der Waals surface area contributed by atoms with Crippen LogP contribution < -0.4 is 5.32 Å². The second kappa shape index (κ2) is 8.70. The zero-order valence-electron chi connectivity index (χ0n) is 14.2. The predicted octanol–water partition coefficient (Wildman–Crippen LogP) is 2.99. The van der Waals surface area contributed by atoms with E-state index in [1.807, 2.05) is 30.3 Å². The Kier molecular flexibility index (Phi) is 5.88. The minimum atomic E-state index is -0.566. The minimum Gasteiger partial charge on any atom is -0.456 e. The minimum absolute atomic E-state index is 0.000249. The number of anilines is 1. The number of aromatic nitrogens is 2. The van der Waals surface area contributed by atoms with Gasteiger partial charge in [0.2, 0.25) is 11.8 Å². The van der Waals surface area contributed by atoms with Crippen LogP contribution in [-0.4, -0.2) is 28.7 Å². The van der Waals surface area contributed by atoms with Gasteiger partial charge >= 0.3 is 5.97 Å². The molecule has 1 heterocycles. The topological polar surface area (TPSA) is 94.3 Å². The van der Waals surface area contributed by atoms with Crippen LogP contribution >= 0.6 is 0 Å². The van der Waals surface area contributed by atoms with Crippen molar-refractivity contribution in [1.82, 2.24) is 10.2 Å². The first kappa shape index (κ1) is 18.2. The Morgan fingerprint density at radius 3 is 2.52 bits per heavy atom. The molecule has 0 aliphatic heterocycles. The SMILES string of the molecule is O=C(COC(=O)CCc1nnc(-c2ccccc2)o1)Nc1ccc(F)cc1. The van der Waals surface area contributed by atoms with Crippen LogP contribution in [0.4, 0.5) is 10.1 Å². The molecule has 1 N–H and O–H groups in total. The van der Waals surface area contributed by atoms with Gasteiger partial charge in [-0.1, -0.05) is 18.2 Å². The number of nitrogens with one attached hydrogen (secondary N) is 1. The number of carbonyl (C=O) groups is 2. The van der Waals surface area contributed by atoms with Crippen LogP contribution in [0.15, 0.2) is 59.0 Å². The molecule has 0 spiro atoms. The molecular formula is C19H16FN3O4. The molecule has 0 saturated heterocycles. The summed E-state index contributed by atoms with van der Waals surface area (Å²) < 4.78 is 23.2. The first-order chi connectivity index (χ1) is 13.1. The number of ether oxygens (including phenoxy) is 1. The highest BCUT2D eigenvalue weighted by molar-refractivity contribution is 5.92. The highest BCUT2D eigenvalue weighted by atomic mass is 19.1. The number of amides is 1. The molecule has 0 bridgehead atoms. The number of rotatable bonds is 7. The van der Waals surface area contributed by atoms with Gasteiger partial charge in [-0.3, -0.25) is 9.59 Å². The maximum Gasteiger partial charge on any atom is 0.306 e. The summed E-state index contributed by atoms with van der Waals surface area (Å²) in [5.41, 5.74) is 1.20. The molecule has 7 nitrogen and oxygen atoms in total. The van der Waals surface area contributed by atoms with Crippen molar-refractivity contribution in [3.8, 4) is 11.5 Å². The maximum atomic E-state index is 12.8. The number of hydrogen-bond acceptors (Lipinski definition) is 6. The fourth-order valence-electron chi connectivity index (χ4n) is 2.21. The molecule has 3 rings (SSSR count). The summed E-state index contributed by atoms with van der Waals surface area (Å²) in [6, 6.07) is 14.5. The summed E-state index contributed by atoms with van der Waals surface area (Å²) in [4.78, 5) is 23.5. The number of aryl methyl sites for hydroxylation is 1. The molecule has 1 aromatic heterocycles. The number of halogens is 1. The average Bonchev–Trinajstić information content (AvgIpc) is 3.16. The second-order valence-corrected chi connectivity index (χ2v) is 5.58. The Labute approximate surface area is 154 Å². The summed E-state index contributed by atoms with van der Waals surface area (Å²) >= 11 is 0. The number of carbonyl (C=O) groups excluding carboxylic acids is 2. The first-order valence-electron chi connectivity index (χ1n) is 8.19. The average molecular weight is 369 g/mol. The van der Waals surface area contributed by atoms with Crippen LogP contribution in [0.1, 0.15) is 12.3 Å². The Hall–Kier alpha value is -3.55. The van der Waals surface area contributed by atoms with E-state index in [9.17, 15) is 14.0 Å². The lowest BCUT2D eigenvalue weighted by Gasteiger charge is -2.06. The van der Waals surface area contributed by atoms with Gasteiger partial charge < -0.3 is 14.5 Å². The molecule has 0 fully saturated rings. The number of esters is 1. The quantitative estimate of drug-likeness (QED) is 0.644. The van der Waals surface area contributed by atoms with Gasteiger partial charge in [-0.15, -0.1) is 10.2 Å². The molecule has 8 heteroatoms. The van der Waals surface area contributed by atoms with Gasteiger partial charge in [-0.25, -0.2) is 4.39 Å². The van der Waals surface area contributed by atoms with Crippen molar-refractivity contribution in [1.29, 1.82) is 0 Å². The monoisotopic (exact) mass is 369 g/mol. The van der Waals surface area contributed by atoms with Crippen LogP contribution in [0.3, 0.4) is 0 Å². The molecule has 2 aromatic carbocycles. The third-order valence-corrected chi connectivity index (χ3v) is 3.52. The summed E-state index contributed by atoms with van der Waals surface area (Å²) in [7, 11) is 0. The summed E-state index contributed by atoms with van der Waals surface area (Å²) in [6.07, 6.45) is 0.207. The molecule has 0 atom stereocenters. The zero-order chi connectivity index (χ0) is 19.1. The third kappa shape index (κ3) is 5.46. The molecule has 27 heavy (non-hydrogen) atoms. The van der Waals surface area contributed by atoms with E-state index in [4.69, 9.17) is 9.15 Å². The summed E-state index contributed by atoms with van der Waals surface area (Å²) in [5, 5.41) is 10.3. The van der Waals surface area contributed by atoms with Crippen LogP contribution in [-0.2, 0) is 20.7 Å². The molecule has 0 radical (unpaired) electrons. The molecule has 0 unspecified atom stereocenters. The largest absolute Gasteiger partial charge is 0.456 e. The van der Waals surface area contributed by atoms with E-state index >= 15 is 0 Å². The normalized spacial score (nSPS) is 10.4. The van der Waals surface area contributed by atoms with Gasteiger partial charge in [0.05, 0.1) is 6.42 Å². The van der Waals surface area contributed by atoms with Gasteiger partial charge in [0.15, 0.2) is 6.61 Å². The molecule has 138 valence electrons. The van der Waals surface area contributed by atoms with Crippen molar-refractivity contribution in [3.63, 3.8) is 0 Å². The van der Waals surface area contributed by atoms with Crippen LogP contribution in [0.2, 0.25) is 0 Å². The van der Waals surface area contributed by atoms with E-state index in [0.29, 0.717) is 17.5 Å². The summed E-state index contributed by atoms with van der Waals surface area (Å²) in [5.74, 6) is -0.807. The number of benzene rings is 2. The fraction of sp³-hybridized carbons (Fsp3) is 0.158. The molecular weight excluding hydrogens is 353 g/mol. The van der Waals surface area contributed by atoms with Crippen molar-refractivity contribution < 1.29 is 23.1 Å². The molecule has 3 aromatic rings. The molecule has 1 amide bonds. The standard InChI is InChI=1S/C19H16FN3O4/c20-14-6-8-15(9-7-14)21-16(24)12-26-18(25)11-10-17-22-23-19(27-17)13-4-2-1-3-5-13/h1-9H,10-12H2,(H,21,24).